The van der Waals surface area contributed by atoms with Gasteiger partial charge in [-0.1, -0.05) is 130 Å². The van der Waals surface area contributed by atoms with Crippen molar-refractivity contribution in [3.05, 3.63) is 187 Å². The fourth-order valence-corrected chi connectivity index (χ4v) is 14.4. The summed E-state index contributed by atoms with van der Waals surface area (Å²) in [4.78, 5) is 93.4. The molecule has 4 saturated heterocycles. The second kappa shape index (κ2) is 43.2. The van der Waals surface area contributed by atoms with Gasteiger partial charge in [0.1, 0.15) is 35.6 Å². The monoisotopic (exact) mass is 1740 g/mol. The summed E-state index contributed by atoms with van der Waals surface area (Å²) < 4.78 is 66.7. The minimum absolute atomic E-state index is 0. The Hall–Kier alpha value is -6.33. The molecule has 106 heavy (non-hydrogen) atoms. The van der Waals surface area contributed by atoms with Crippen LogP contribution in [0.1, 0.15) is 105 Å². The minimum atomic E-state index is -1.61. The summed E-state index contributed by atoms with van der Waals surface area (Å²) >= 11 is 48.9. The molecule has 4 radical (unpaired) electrons. The van der Waals surface area contributed by atoms with Crippen molar-refractivity contribution >= 4 is 208 Å². The molecule has 3 N–H and O–H groups in total. The van der Waals surface area contributed by atoms with Crippen LogP contribution in [0.3, 0.4) is 0 Å². The van der Waals surface area contributed by atoms with E-state index in [0.29, 0.717) is 134 Å². The molecule has 2 amide bonds. The quantitative estimate of drug-likeness (QED) is 0.0292. The Morgan fingerprint density at radius 1 is 0.632 bits per heavy atom. The molecular weight excluding hydrogens is 1670 g/mol. The number of esters is 3. The number of amides is 2. The molecule has 6 aromatic rings. The summed E-state index contributed by atoms with van der Waals surface area (Å²) in [6, 6.07) is 10.3. The van der Waals surface area contributed by atoms with Crippen LogP contribution in [-0.2, 0) is 38.1 Å². The molecule has 10 heterocycles. The summed E-state index contributed by atoms with van der Waals surface area (Å²) in [5.74, 6) is -1.47. The van der Waals surface area contributed by atoms with Gasteiger partial charge in [0.05, 0.1) is 57.3 Å². The first kappa shape index (κ1) is 90.3. The number of allylic oxidation sites excluding steroid dienone is 2. The second-order valence-electron chi connectivity index (χ2n) is 22.2. The van der Waals surface area contributed by atoms with Gasteiger partial charge in [-0.2, -0.15) is 0 Å². The Morgan fingerprint density at radius 3 is 1.40 bits per heavy atom. The maximum absolute atomic E-state index is 13.8. The number of aliphatic imine (C=N–C) groups is 3. The third-order valence-corrected chi connectivity index (χ3v) is 19.8. The number of piperidine rings is 1. The number of rotatable bonds is 12. The van der Waals surface area contributed by atoms with E-state index in [-0.39, 0.29) is 58.0 Å². The number of hydrogen-bond donors (Lipinski definition) is 4. The topological polar surface area (TPSA) is 265 Å². The molecule has 7 aliphatic heterocycles. The molecule has 0 saturated carbocycles. The third-order valence-electron chi connectivity index (χ3n) is 15.9. The number of aromatic nitrogens is 3. The molecule has 5 atom stereocenters. The number of alkyl halides is 5. The van der Waals surface area contributed by atoms with Crippen LogP contribution in [0.4, 0.5) is 22.8 Å². The van der Waals surface area contributed by atoms with Gasteiger partial charge in [0.25, 0.3) is 3.25 Å². The summed E-state index contributed by atoms with van der Waals surface area (Å²) in [5.41, 5.74) is 4.25. The van der Waals surface area contributed by atoms with Crippen molar-refractivity contribution in [3.8, 4) is 0 Å². The fraction of sp³-hybridized carbons (Fsp3) is 0.379. The second-order valence-corrected chi connectivity index (χ2v) is 30.4. The standard InChI is InChI=1S/C23H23ClFN5O4S.C16H12BrClFN3O2S.C16H13ClFN3O2S.C8H13NO2.CCl4.2CH4.BHNS.B.H2/c1-33-22(31)18-17(12-29-6-7-30-14(11-29)4-8-34-23(30)32)27-20(21-26-5-9-35-21)28-19(18)15-3-2-13(25)10-16(15)24;1-24-16(23)12-11(7-17)21-14(15-20-4-5-25-15)22-13(12)9-3-2-8(19)6-10(9)18;1-8-12(16(22)23-2)13(10-4-3-9(18)7-11(10)17)21-14(20-8)15-19-5-6-24-15;10-8-9-5-2-1-3-7(9)4-6-11-8;2-1(3,4)5;;;1-2-3;;/h2-3,5,9-10,14,19H,4,6-8,11-12H2,1H3,(H,27,28);2-6,13H,7H2,1H3,(H,21,22);3-7,13H,1-2H3,(H,20,21);7H,1-6H2;;2*1H4;3H;;1H/t14?,19-;2*13-;;;;;;;/m000......./s1/i;;;;;;;;;1+1. The Balaban J connectivity index is 0.000000301. The van der Waals surface area contributed by atoms with Gasteiger partial charge in [0, 0.05) is 150 Å². The van der Waals surface area contributed by atoms with E-state index in [9.17, 15) is 37.1 Å². The molecule has 13 rings (SSSR count). The van der Waals surface area contributed by atoms with Crippen LogP contribution in [-0.4, -0.2) is 181 Å². The zero-order valence-corrected chi connectivity index (χ0v) is 65.5. The average molecular weight is 1740 g/mol. The van der Waals surface area contributed by atoms with E-state index in [4.69, 9.17) is 110 Å². The van der Waals surface area contributed by atoms with E-state index < -0.39 is 56.7 Å². The van der Waals surface area contributed by atoms with Gasteiger partial charge in [-0.3, -0.25) is 19.9 Å². The molecule has 7 aliphatic rings. The summed E-state index contributed by atoms with van der Waals surface area (Å²) in [5, 5.41) is 17.9. The van der Waals surface area contributed by atoms with Crippen LogP contribution >= 0.6 is 144 Å². The third kappa shape index (κ3) is 24.3. The predicted molar refractivity (Wildman–Crippen MR) is 422 cm³/mol. The van der Waals surface area contributed by atoms with Crippen molar-refractivity contribution in [1.82, 2.24) is 45.6 Å². The van der Waals surface area contributed by atoms with Crippen molar-refractivity contribution in [2.45, 2.75) is 87.3 Å². The number of cyclic esters (lactones) is 2. The number of carbonyl (C=O) groups excluding carboxylic acids is 5. The summed E-state index contributed by atoms with van der Waals surface area (Å²) in [6.45, 7) is 5.85. The SMILES string of the molecule is C.C.COC(=O)C1=C(C)NC(c2nccs2)=N[C@H]1c1ccc(F)cc1Cl.COC(=O)C1=C(CBr)NC(c2nccs2)=N[C@H]1c1ccc(F)cc1Cl.COC(=O)C1=C(CN2CCN3C(=O)OCCC3C2)NC(c2nccs2)=N[C@H]1c1ccc(F)cc1Cl.ClC(Cl)(Cl)Cl.O=C1OCCC2CCCCN12.[2HH].[B].[B]=NS. The van der Waals surface area contributed by atoms with Crippen LogP contribution < -0.4 is 16.0 Å². The Labute approximate surface area is 676 Å². The number of piperazine rings is 1. The van der Waals surface area contributed by atoms with E-state index in [1.807, 2.05) is 21.0 Å². The Bertz CT molecular complexity index is 4230. The molecule has 0 bridgehead atoms. The van der Waals surface area contributed by atoms with Crippen molar-refractivity contribution in [1.29, 1.82) is 0 Å². The van der Waals surface area contributed by atoms with Gasteiger partial charge in [-0.25, -0.2) is 52.1 Å². The maximum atomic E-state index is 13.8. The van der Waals surface area contributed by atoms with Crippen molar-refractivity contribution in [3.63, 3.8) is 0 Å². The molecule has 23 nitrogen and oxygen atoms in total. The number of fused-ring (bicyclic) bond motifs is 2. The Kier molecular flexibility index (Phi) is 36.8. The summed E-state index contributed by atoms with van der Waals surface area (Å²) in [6.07, 6.45) is 10.00. The van der Waals surface area contributed by atoms with Crippen molar-refractivity contribution in [2.75, 3.05) is 72.6 Å². The van der Waals surface area contributed by atoms with Crippen LogP contribution in [0, 0.1) is 17.5 Å². The first-order valence-electron chi connectivity index (χ1n) is 30.7. The molecule has 568 valence electrons. The number of ether oxygens (including phenoxy) is 5. The van der Waals surface area contributed by atoms with E-state index in [1.54, 1.807) is 30.4 Å². The van der Waals surface area contributed by atoms with E-state index in [2.05, 4.69) is 86.5 Å². The number of nitrogens with one attached hydrogen (secondary N) is 3. The average Bonchev–Trinajstić information content (AvgIpc) is 1.50. The van der Waals surface area contributed by atoms with Crippen molar-refractivity contribution in [2.24, 2.45) is 19.3 Å². The van der Waals surface area contributed by atoms with Crippen molar-refractivity contribution < 1.29 is 62.3 Å². The number of hydrogen-bond acceptors (Lipinski definition) is 25. The molecule has 0 aliphatic carbocycles. The molecular formula is C66H72B2BrCl7F3N13O10S4. The zero-order valence-electron chi connectivity index (χ0n) is 55.3. The van der Waals surface area contributed by atoms with E-state index in [0.717, 1.165) is 25.8 Å². The first-order chi connectivity index (χ1) is 49.3. The molecule has 4 fully saturated rings. The van der Waals surface area contributed by atoms with Gasteiger partial charge in [0.15, 0.2) is 32.5 Å². The van der Waals surface area contributed by atoms with Crippen LogP contribution in [0.15, 0.2) is 142 Å². The predicted octanol–water partition coefficient (Wildman–Crippen LogP) is 15.6. The van der Waals surface area contributed by atoms with Gasteiger partial charge in [-0.05, 0) is 62.6 Å². The Morgan fingerprint density at radius 2 is 1.01 bits per heavy atom. The molecule has 2 unspecified atom stereocenters. The van der Waals surface area contributed by atoms with Gasteiger partial charge < -0.3 is 49.4 Å². The summed E-state index contributed by atoms with van der Waals surface area (Å²) in [7, 11) is 8.24. The molecule has 40 heteroatoms. The van der Waals surface area contributed by atoms with E-state index >= 15 is 0 Å². The van der Waals surface area contributed by atoms with E-state index in [1.165, 1.54) is 123 Å². The van der Waals surface area contributed by atoms with Gasteiger partial charge >= 0.3 is 54.8 Å². The number of nitrogens with zero attached hydrogens (tertiary/aromatic N) is 10. The number of thiazole rings is 3. The van der Waals surface area contributed by atoms with Gasteiger partial charge in [-0.15, -0.1) is 34.0 Å². The zero-order chi connectivity index (χ0) is 74.7. The number of thiol groups is 1. The molecule has 0 spiro atoms. The first-order valence-corrected chi connectivity index (χ1v) is 37.6. The number of carbonyl (C=O) groups is 5. The number of amidine groups is 3. The normalized spacial score (nSPS) is 19.4. The number of halogens is 11. The van der Waals surface area contributed by atoms with Crippen LogP contribution in [0.5, 0.6) is 0 Å². The number of benzene rings is 3. The van der Waals surface area contributed by atoms with Gasteiger partial charge in [0.2, 0.25) is 0 Å². The molecule has 3 aromatic carbocycles. The number of methoxy groups -OCH3 is 3. The molecule has 3 aromatic heterocycles. The van der Waals surface area contributed by atoms with Crippen LogP contribution in [0.25, 0.3) is 0 Å². The fourth-order valence-electron chi connectivity index (χ4n) is 11.4. The van der Waals surface area contributed by atoms with Crippen LogP contribution in [0.2, 0.25) is 15.1 Å².